The van der Waals surface area contributed by atoms with Gasteiger partial charge in [-0.25, -0.2) is 9.59 Å². The molecule has 3 rings (SSSR count). The monoisotopic (exact) mass is 390 g/mol. The Morgan fingerprint density at radius 2 is 1.61 bits per heavy atom. The summed E-state index contributed by atoms with van der Waals surface area (Å²) in [7, 11) is 0. The normalized spacial score (nSPS) is 21.0. The van der Waals surface area contributed by atoms with E-state index in [1.807, 2.05) is 32.9 Å². The molecule has 2 aliphatic rings. The average Bonchev–Trinajstić information content (AvgIpc) is 3.10. The summed E-state index contributed by atoms with van der Waals surface area (Å²) in [5, 5.41) is 9.00. The van der Waals surface area contributed by atoms with Crippen molar-refractivity contribution in [1.29, 1.82) is 0 Å². The SMILES string of the molecule is CC(C)(C)OC(=O)N1CC[C@H](OC2CCN(c3ccc(C(=O)O)cc3)CC2)C1. The van der Waals surface area contributed by atoms with E-state index in [-0.39, 0.29) is 18.3 Å². The van der Waals surface area contributed by atoms with E-state index in [9.17, 15) is 9.59 Å². The third kappa shape index (κ3) is 5.38. The Morgan fingerprint density at radius 1 is 1.00 bits per heavy atom. The van der Waals surface area contributed by atoms with Crippen LogP contribution >= 0.6 is 0 Å². The fourth-order valence-corrected chi connectivity index (χ4v) is 3.67. The molecule has 0 bridgehead atoms. The van der Waals surface area contributed by atoms with Crippen molar-refractivity contribution in [1.82, 2.24) is 4.90 Å². The number of nitrogens with zero attached hydrogens (tertiary/aromatic N) is 2. The number of aromatic carboxylic acids is 1. The highest BCUT2D eigenvalue weighted by molar-refractivity contribution is 5.88. The van der Waals surface area contributed by atoms with E-state index in [1.165, 1.54) is 0 Å². The Kier molecular flexibility index (Phi) is 6.13. The third-order valence-corrected chi connectivity index (χ3v) is 5.10. The molecular formula is C21H30N2O5. The molecule has 0 spiro atoms. The number of hydrogen-bond acceptors (Lipinski definition) is 5. The molecule has 7 nitrogen and oxygen atoms in total. The molecule has 0 unspecified atom stereocenters. The molecule has 0 aromatic heterocycles. The zero-order valence-electron chi connectivity index (χ0n) is 16.9. The highest BCUT2D eigenvalue weighted by atomic mass is 16.6. The third-order valence-electron chi connectivity index (χ3n) is 5.10. The summed E-state index contributed by atoms with van der Waals surface area (Å²) < 4.78 is 11.7. The van der Waals surface area contributed by atoms with Crippen LogP contribution in [0.4, 0.5) is 10.5 Å². The van der Waals surface area contributed by atoms with Crippen molar-refractivity contribution >= 4 is 17.7 Å². The van der Waals surface area contributed by atoms with Crippen LogP contribution in [0, 0.1) is 0 Å². The zero-order valence-corrected chi connectivity index (χ0v) is 16.9. The molecule has 2 saturated heterocycles. The smallest absolute Gasteiger partial charge is 0.410 e. The second kappa shape index (κ2) is 8.39. The van der Waals surface area contributed by atoms with Gasteiger partial charge in [0.15, 0.2) is 0 Å². The van der Waals surface area contributed by atoms with Crippen molar-refractivity contribution in [2.24, 2.45) is 0 Å². The van der Waals surface area contributed by atoms with Crippen molar-refractivity contribution in [2.75, 3.05) is 31.1 Å². The van der Waals surface area contributed by atoms with E-state index in [0.717, 1.165) is 38.0 Å². The Hall–Kier alpha value is -2.28. The van der Waals surface area contributed by atoms with Gasteiger partial charge in [0.1, 0.15) is 5.60 Å². The molecule has 2 fully saturated rings. The molecule has 1 aromatic rings. The van der Waals surface area contributed by atoms with Crippen molar-refractivity contribution in [3.63, 3.8) is 0 Å². The zero-order chi connectivity index (χ0) is 20.3. The molecule has 1 N–H and O–H groups in total. The Bertz CT molecular complexity index is 690. The topological polar surface area (TPSA) is 79.3 Å². The number of benzene rings is 1. The van der Waals surface area contributed by atoms with Gasteiger partial charge in [-0.15, -0.1) is 0 Å². The van der Waals surface area contributed by atoms with E-state index in [0.29, 0.717) is 18.7 Å². The summed E-state index contributed by atoms with van der Waals surface area (Å²) in [6.45, 7) is 8.63. The van der Waals surface area contributed by atoms with E-state index in [1.54, 1.807) is 17.0 Å². The first-order valence-corrected chi connectivity index (χ1v) is 9.93. The van der Waals surface area contributed by atoms with Crippen molar-refractivity contribution < 1.29 is 24.2 Å². The number of carboxylic acid groups (broad SMARTS) is 1. The molecule has 2 aliphatic heterocycles. The second-order valence-corrected chi connectivity index (χ2v) is 8.51. The van der Waals surface area contributed by atoms with Crippen molar-refractivity contribution in [3.05, 3.63) is 29.8 Å². The predicted molar refractivity (Wildman–Crippen MR) is 106 cm³/mol. The number of rotatable bonds is 4. The van der Waals surface area contributed by atoms with Crippen LogP contribution in [0.5, 0.6) is 0 Å². The maximum atomic E-state index is 12.2. The van der Waals surface area contributed by atoms with Crippen LogP contribution in [0.25, 0.3) is 0 Å². The Balaban J connectivity index is 1.43. The maximum absolute atomic E-state index is 12.2. The number of amides is 1. The number of likely N-dealkylation sites (tertiary alicyclic amines) is 1. The first-order valence-electron chi connectivity index (χ1n) is 9.93. The summed E-state index contributed by atoms with van der Waals surface area (Å²) in [6.07, 6.45) is 2.68. The number of carboxylic acids is 1. The standard InChI is InChI=1S/C21H30N2O5/c1-21(2,3)28-20(26)23-13-10-18(14-23)27-17-8-11-22(12-9-17)16-6-4-15(5-7-16)19(24)25/h4-7,17-18H,8-14H2,1-3H3,(H,24,25)/t18-/m0/s1. The highest BCUT2D eigenvalue weighted by Gasteiger charge is 2.32. The number of anilines is 1. The van der Waals surface area contributed by atoms with Gasteiger partial charge in [-0.2, -0.15) is 0 Å². The first kappa shape index (κ1) is 20.5. The summed E-state index contributed by atoms with van der Waals surface area (Å²) in [4.78, 5) is 27.1. The highest BCUT2D eigenvalue weighted by Crippen LogP contribution is 2.25. The first-order chi connectivity index (χ1) is 13.2. The number of hydrogen-bond donors (Lipinski definition) is 1. The molecule has 0 saturated carbocycles. The number of carbonyl (C=O) groups is 2. The number of piperidine rings is 1. The molecule has 2 heterocycles. The summed E-state index contributed by atoms with van der Waals surface area (Å²) in [5.74, 6) is -0.907. The van der Waals surface area contributed by atoms with Crippen LogP contribution in [-0.2, 0) is 9.47 Å². The van der Waals surface area contributed by atoms with Crippen LogP contribution in [0.15, 0.2) is 24.3 Å². The van der Waals surface area contributed by atoms with Crippen LogP contribution in [0.2, 0.25) is 0 Å². The fraction of sp³-hybridized carbons (Fsp3) is 0.619. The molecular weight excluding hydrogens is 360 g/mol. The minimum atomic E-state index is -0.907. The molecule has 1 aromatic carbocycles. The maximum Gasteiger partial charge on any atom is 0.410 e. The van der Waals surface area contributed by atoms with Gasteiger partial charge < -0.3 is 24.4 Å². The van der Waals surface area contributed by atoms with E-state index >= 15 is 0 Å². The average molecular weight is 390 g/mol. The fourth-order valence-electron chi connectivity index (χ4n) is 3.67. The minimum absolute atomic E-state index is 0.0684. The van der Waals surface area contributed by atoms with E-state index < -0.39 is 11.6 Å². The van der Waals surface area contributed by atoms with Crippen molar-refractivity contribution in [3.8, 4) is 0 Å². The van der Waals surface area contributed by atoms with Crippen LogP contribution < -0.4 is 4.90 Å². The van der Waals surface area contributed by atoms with Gasteiger partial charge in [0, 0.05) is 25.3 Å². The number of ether oxygens (including phenoxy) is 2. The molecule has 0 radical (unpaired) electrons. The second-order valence-electron chi connectivity index (χ2n) is 8.51. The molecule has 1 amide bonds. The quantitative estimate of drug-likeness (QED) is 0.849. The van der Waals surface area contributed by atoms with Crippen LogP contribution in [0.3, 0.4) is 0 Å². The molecule has 154 valence electrons. The van der Waals surface area contributed by atoms with Gasteiger partial charge in [-0.05, 0) is 64.3 Å². The molecule has 28 heavy (non-hydrogen) atoms. The van der Waals surface area contributed by atoms with Crippen LogP contribution in [0.1, 0.15) is 50.4 Å². The lowest BCUT2D eigenvalue weighted by atomic mass is 10.1. The van der Waals surface area contributed by atoms with E-state index in [4.69, 9.17) is 14.6 Å². The van der Waals surface area contributed by atoms with Gasteiger partial charge in [0.05, 0.1) is 24.3 Å². The van der Waals surface area contributed by atoms with Gasteiger partial charge in [-0.3, -0.25) is 0 Å². The summed E-state index contributed by atoms with van der Waals surface area (Å²) >= 11 is 0. The van der Waals surface area contributed by atoms with Gasteiger partial charge in [0.25, 0.3) is 0 Å². The van der Waals surface area contributed by atoms with Gasteiger partial charge in [0.2, 0.25) is 0 Å². The van der Waals surface area contributed by atoms with Crippen molar-refractivity contribution in [2.45, 2.75) is 57.8 Å². The number of carbonyl (C=O) groups excluding carboxylic acids is 1. The summed E-state index contributed by atoms with van der Waals surface area (Å²) in [6, 6.07) is 7.01. The lowest BCUT2D eigenvalue weighted by Crippen LogP contribution is -2.40. The van der Waals surface area contributed by atoms with Crippen LogP contribution in [-0.4, -0.2) is 66.1 Å². The predicted octanol–water partition coefficient (Wildman–Crippen LogP) is 3.38. The minimum Gasteiger partial charge on any atom is -0.478 e. The summed E-state index contributed by atoms with van der Waals surface area (Å²) in [5.41, 5.74) is 0.865. The van der Waals surface area contributed by atoms with Gasteiger partial charge in [-0.1, -0.05) is 0 Å². The van der Waals surface area contributed by atoms with Gasteiger partial charge >= 0.3 is 12.1 Å². The largest absolute Gasteiger partial charge is 0.478 e. The molecule has 0 aliphatic carbocycles. The Labute approximate surface area is 166 Å². The lowest BCUT2D eigenvalue weighted by molar-refractivity contribution is -0.0208. The lowest BCUT2D eigenvalue weighted by Gasteiger charge is -2.34. The molecule has 7 heteroatoms. The Morgan fingerprint density at radius 3 is 2.18 bits per heavy atom. The molecule has 1 atom stereocenters. The van der Waals surface area contributed by atoms with E-state index in [2.05, 4.69) is 4.90 Å².